The van der Waals surface area contributed by atoms with Crippen molar-refractivity contribution in [1.82, 2.24) is 4.90 Å². The van der Waals surface area contributed by atoms with Crippen LogP contribution in [0.2, 0.25) is 0 Å². The molecule has 0 radical (unpaired) electrons. The Bertz CT molecular complexity index is 166. The quantitative estimate of drug-likeness (QED) is 0.732. The topological polar surface area (TPSA) is 32.7 Å². The Balaban J connectivity index is 1.80. The highest BCUT2D eigenvalue weighted by atomic mass is 16.5. The fraction of sp³-hybridized carbons (Fsp3) is 1.00. The molecule has 3 atom stereocenters. The highest BCUT2D eigenvalue weighted by Crippen LogP contribution is 2.29. The van der Waals surface area contributed by atoms with Crippen LogP contribution in [-0.2, 0) is 4.74 Å². The number of aliphatic hydroxyl groups is 1. The maximum atomic E-state index is 9.07. The second-order valence-corrected chi connectivity index (χ2v) is 4.66. The molecule has 2 rings (SSSR count). The Hall–Kier alpha value is -0.120. The molecule has 0 spiro atoms. The van der Waals surface area contributed by atoms with E-state index >= 15 is 0 Å². The van der Waals surface area contributed by atoms with Crippen LogP contribution in [0, 0.1) is 5.92 Å². The zero-order valence-corrected chi connectivity index (χ0v) is 8.98. The van der Waals surface area contributed by atoms with Crippen molar-refractivity contribution >= 4 is 0 Å². The van der Waals surface area contributed by atoms with Gasteiger partial charge in [-0.1, -0.05) is 0 Å². The van der Waals surface area contributed by atoms with Gasteiger partial charge in [-0.25, -0.2) is 0 Å². The van der Waals surface area contributed by atoms with Gasteiger partial charge in [-0.3, -0.25) is 4.90 Å². The summed E-state index contributed by atoms with van der Waals surface area (Å²) in [6.45, 7) is 2.63. The van der Waals surface area contributed by atoms with E-state index in [1.165, 1.54) is 32.2 Å². The van der Waals surface area contributed by atoms with Crippen LogP contribution in [0.1, 0.15) is 25.7 Å². The Morgan fingerprint density at radius 2 is 2.21 bits per heavy atom. The van der Waals surface area contributed by atoms with E-state index in [0.29, 0.717) is 18.6 Å². The smallest absolute Gasteiger partial charge is 0.0586 e. The molecule has 1 saturated heterocycles. The number of likely N-dealkylation sites (tertiary alicyclic amines) is 1. The standard InChI is InChI=1S/C11H21NO2/c1-14-11-3-2-10(6-11)12-5-4-9(7-12)8-13/h9-11,13H,2-8H2,1H3. The lowest BCUT2D eigenvalue weighted by atomic mass is 10.1. The number of ether oxygens (including phenoxy) is 1. The Kier molecular flexibility index (Phi) is 3.42. The van der Waals surface area contributed by atoms with Gasteiger partial charge in [-0.15, -0.1) is 0 Å². The molecule has 0 aromatic carbocycles. The first kappa shape index (κ1) is 10.4. The summed E-state index contributed by atoms with van der Waals surface area (Å²) >= 11 is 0. The maximum absolute atomic E-state index is 9.07. The molecule has 1 saturated carbocycles. The van der Waals surface area contributed by atoms with Crippen LogP contribution in [0.15, 0.2) is 0 Å². The fourth-order valence-electron chi connectivity index (χ4n) is 2.81. The minimum absolute atomic E-state index is 0.358. The van der Waals surface area contributed by atoms with Crippen LogP contribution < -0.4 is 0 Å². The number of hydrogen-bond donors (Lipinski definition) is 1. The van der Waals surface area contributed by atoms with E-state index in [1.54, 1.807) is 0 Å². The number of aliphatic hydroxyl groups excluding tert-OH is 1. The van der Waals surface area contributed by atoms with Crippen molar-refractivity contribution < 1.29 is 9.84 Å². The van der Waals surface area contributed by atoms with Gasteiger partial charge in [-0.2, -0.15) is 0 Å². The molecular weight excluding hydrogens is 178 g/mol. The van der Waals surface area contributed by atoms with Crippen LogP contribution >= 0.6 is 0 Å². The van der Waals surface area contributed by atoms with Crippen LogP contribution in [0.3, 0.4) is 0 Å². The molecule has 2 fully saturated rings. The Morgan fingerprint density at radius 1 is 1.36 bits per heavy atom. The van der Waals surface area contributed by atoms with E-state index in [9.17, 15) is 0 Å². The van der Waals surface area contributed by atoms with E-state index in [2.05, 4.69) is 4.90 Å². The lowest BCUT2D eigenvalue weighted by Gasteiger charge is -2.23. The molecule has 82 valence electrons. The van der Waals surface area contributed by atoms with Crippen LogP contribution in [0.5, 0.6) is 0 Å². The summed E-state index contributed by atoms with van der Waals surface area (Å²) in [5, 5.41) is 9.07. The van der Waals surface area contributed by atoms with Crippen molar-refractivity contribution in [2.75, 3.05) is 26.8 Å². The highest BCUT2D eigenvalue weighted by Gasteiger charge is 2.33. The van der Waals surface area contributed by atoms with Gasteiger partial charge >= 0.3 is 0 Å². The second-order valence-electron chi connectivity index (χ2n) is 4.66. The van der Waals surface area contributed by atoms with Crippen molar-refractivity contribution in [2.45, 2.75) is 37.8 Å². The van der Waals surface area contributed by atoms with E-state index in [0.717, 1.165) is 12.6 Å². The molecule has 2 aliphatic rings. The average Bonchev–Trinajstić information content (AvgIpc) is 2.86. The summed E-state index contributed by atoms with van der Waals surface area (Å²) in [5.41, 5.74) is 0. The molecule has 0 amide bonds. The molecule has 1 aliphatic carbocycles. The molecule has 1 heterocycles. The molecule has 0 aromatic rings. The minimum Gasteiger partial charge on any atom is -0.396 e. The van der Waals surface area contributed by atoms with E-state index < -0.39 is 0 Å². The lowest BCUT2D eigenvalue weighted by molar-refractivity contribution is 0.0987. The number of hydrogen-bond acceptors (Lipinski definition) is 3. The number of nitrogens with zero attached hydrogens (tertiary/aromatic N) is 1. The van der Waals surface area contributed by atoms with Crippen molar-refractivity contribution in [3.05, 3.63) is 0 Å². The van der Waals surface area contributed by atoms with Gasteiger partial charge in [0, 0.05) is 26.3 Å². The molecule has 3 unspecified atom stereocenters. The first-order chi connectivity index (χ1) is 6.83. The summed E-state index contributed by atoms with van der Waals surface area (Å²) in [6.07, 6.45) is 5.32. The summed E-state index contributed by atoms with van der Waals surface area (Å²) in [4.78, 5) is 2.54. The first-order valence-corrected chi connectivity index (χ1v) is 5.71. The molecule has 3 nitrogen and oxygen atoms in total. The third-order valence-electron chi connectivity index (χ3n) is 3.78. The summed E-state index contributed by atoms with van der Waals surface area (Å²) in [5.74, 6) is 0.525. The monoisotopic (exact) mass is 199 g/mol. The summed E-state index contributed by atoms with van der Waals surface area (Å²) in [7, 11) is 1.81. The summed E-state index contributed by atoms with van der Waals surface area (Å²) in [6, 6.07) is 0.719. The average molecular weight is 199 g/mol. The normalized spacial score (nSPS) is 39.4. The van der Waals surface area contributed by atoms with Crippen LogP contribution in [0.4, 0.5) is 0 Å². The minimum atomic E-state index is 0.358. The van der Waals surface area contributed by atoms with Gasteiger partial charge in [-0.05, 0) is 38.1 Å². The van der Waals surface area contributed by atoms with Crippen molar-refractivity contribution in [3.8, 4) is 0 Å². The highest BCUT2D eigenvalue weighted by molar-refractivity contribution is 4.87. The Labute approximate surface area is 86.0 Å². The van der Waals surface area contributed by atoms with E-state index in [1.807, 2.05) is 7.11 Å². The van der Waals surface area contributed by atoms with Crippen LogP contribution in [-0.4, -0.2) is 49.0 Å². The maximum Gasteiger partial charge on any atom is 0.0586 e. The third-order valence-corrected chi connectivity index (χ3v) is 3.78. The Morgan fingerprint density at radius 3 is 2.79 bits per heavy atom. The molecule has 0 bridgehead atoms. The zero-order valence-electron chi connectivity index (χ0n) is 8.98. The van der Waals surface area contributed by atoms with Gasteiger partial charge in [0.25, 0.3) is 0 Å². The first-order valence-electron chi connectivity index (χ1n) is 5.71. The van der Waals surface area contributed by atoms with Crippen molar-refractivity contribution in [1.29, 1.82) is 0 Å². The molecule has 0 aromatic heterocycles. The molecule has 1 N–H and O–H groups in total. The lowest BCUT2D eigenvalue weighted by Crippen LogP contribution is -2.32. The molecular formula is C11H21NO2. The second kappa shape index (κ2) is 4.60. The van der Waals surface area contributed by atoms with Gasteiger partial charge in [0.2, 0.25) is 0 Å². The van der Waals surface area contributed by atoms with Gasteiger partial charge < -0.3 is 9.84 Å². The SMILES string of the molecule is COC1CCC(N2CCC(CO)C2)C1. The summed E-state index contributed by atoms with van der Waals surface area (Å²) < 4.78 is 5.38. The van der Waals surface area contributed by atoms with Crippen LogP contribution in [0.25, 0.3) is 0 Å². The number of rotatable bonds is 3. The predicted octanol–water partition coefficient (Wildman–Crippen LogP) is 0.868. The predicted molar refractivity (Wildman–Crippen MR) is 55.2 cm³/mol. The van der Waals surface area contributed by atoms with E-state index in [-0.39, 0.29) is 0 Å². The number of methoxy groups -OCH3 is 1. The van der Waals surface area contributed by atoms with Crippen molar-refractivity contribution in [2.24, 2.45) is 5.92 Å². The molecule has 3 heteroatoms. The third kappa shape index (κ3) is 2.10. The van der Waals surface area contributed by atoms with Gasteiger partial charge in [0.05, 0.1) is 6.10 Å². The largest absolute Gasteiger partial charge is 0.396 e. The fourth-order valence-corrected chi connectivity index (χ4v) is 2.81. The zero-order chi connectivity index (χ0) is 9.97. The van der Waals surface area contributed by atoms with E-state index in [4.69, 9.17) is 9.84 Å². The molecule has 14 heavy (non-hydrogen) atoms. The van der Waals surface area contributed by atoms with Gasteiger partial charge in [0.15, 0.2) is 0 Å². The van der Waals surface area contributed by atoms with Gasteiger partial charge in [0.1, 0.15) is 0 Å². The molecule has 1 aliphatic heterocycles. The van der Waals surface area contributed by atoms with Crippen molar-refractivity contribution in [3.63, 3.8) is 0 Å².